The summed E-state index contributed by atoms with van der Waals surface area (Å²) in [4.78, 5) is 27.6. The number of fused-ring (bicyclic) bond motifs is 1. The van der Waals surface area contributed by atoms with E-state index in [9.17, 15) is 9.59 Å². The Kier molecular flexibility index (Phi) is 3.52. The number of piperazine rings is 1. The Labute approximate surface area is 142 Å². The largest absolute Gasteiger partial charge is 0.339 e. The van der Waals surface area contributed by atoms with Gasteiger partial charge in [0.2, 0.25) is 11.8 Å². The molecular formula is C20H24N2O2. The van der Waals surface area contributed by atoms with Crippen molar-refractivity contribution in [2.24, 2.45) is 5.92 Å². The number of hydrogen-bond acceptors (Lipinski definition) is 2. The summed E-state index contributed by atoms with van der Waals surface area (Å²) >= 11 is 0. The van der Waals surface area contributed by atoms with Crippen LogP contribution in [0, 0.1) is 5.92 Å². The number of amides is 2. The maximum absolute atomic E-state index is 13.2. The van der Waals surface area contributed by atoms with Crippen LogP contribution in [0.1, 0.15) is 45.1 Å². The highest BCUT2D eigenvalue weighted by Crippen LogP contribution is 2.46. The predicted octanol–water partition coefficient (Wildman–Crippen LogP) is 2.75. The van der Waals surface area contributed by atoms with Crippen molar-refractivity contribution < 1.29 is 9.59 Å². The van der Waals surface area contributed by atoms with Gasteiger partial charge in [0.1, 0.15) is 11.6 Å². The van der Waals surface area contributed by atoms with Crippen molar-refractivity contribution in [1.29, 1.82) is 0 Å². The lowest BCUT2D eigenvalue weighted by Gasteiger charge is -2.42. The number of rotatable bonds is 2. The molecule has 0 bridgehead atoms. The van der Waals surface area contributed by atoms with Gasteiger partial charge in [0.25, 0.3) is 0 Å². The van der Waals surface area contributed by atoms with Gasteiger partial charge in [0.15, 0.2) is 0 Å². The van der Waals surface area contributed by atoms with Crippen LogP contribution in [0.3, 0.4) is 0 Å². The molecule has 4 heteroatoms. The maximum Gasteiger partial charge on any atom is 0.249 e. The van der Waals surface area contributed by atoms with E-state index in [1.807, 2.05) is 23.1 Å². The van der Waals surface area contributed by atoms with Crippen molar-refractivity contribution in [3.05, 3.63) is 41.5 Å². The summed E-state index contributed by atoms with van der Waals surface area (Å²) in [6.45, 7) is 5.06. The van der Waals surface area contributed by atoms with E-state index in [1.54, 1.807) is 0 Å². The lowest BCUT2D eigenvalue weighted by Crippen LogP contribution is -2.68. The van der Waals surface area contributed by atoms with Gasteiger partial charge >= 0.3 is 0 Å². The second kappa shape index (κ2) is 5.47. The van der Waals surface area contributed by atoms with Crippen LogP contribution >= 0.6 is 0 Å². The van der Waals surface area contributed by atoms with E-state index in [0.29, 0.717) is 18.8 Å². The zero-order valence-electron chi connectivity index (χ0n) is 14.3. The lowest BCUT2D eigenvalue weighted by atomic mass is 9.87. The molecule has 1 unspecified atom stereocenters. The summed E-state index contributed by atoms with van der Waals surface area (Å²) in [5, 5.41) is 3.13. The second-order valence-corrected chi connectivity index (χ2v) is 7.61. The second-order valence-electron chi connectivity index (χ2n) is 7.61. The van der Waals surface area contributed by atoms with Gasteiger partial charge in [0, 0.05) is 19.4 Å². The third-order valence-electron chi connectivity index (χ3n) is 5.77. The standard InChI is InChI=1S/C20H24N2O2/c1-13(2)15-11-20(12-16(15)14-7-4-3-5-8-14)19(24)22-10-6-9-17(22)18(23)21-20/h3-5,7-8,13,17H,6,9-12H2,1-2H3,(H,21,23)/t17-,20?/m0/s1. The van der Waals surface area contributed by atoms with E-state index in [2.05, 4.69) is 31.3 Å². The molecule has 2 aliphatic heterocycles. The van der Waals surface area contributed by atoms with Crippen LogP contribution in [0.25, 0.3) is 5.57 Å². The Hall–Kier alpha value is -2.10. The molecule has 0 aromatic heterocycles. The molecule has 2 saturated heterocycles. The molecule has 1 aromatic carbocycles. The molecule has 1 aromatic rings. The third-order valence-corrected chi connectivity index (χ3v) is 5.77. The fourth-order valence-electron chi connectivity index (χ4n) is 4.56. The number of nitrogens with one attached hydrogen (secondary N) is 1. The van der Waals surface area contributed by atoms with E-state index in [-0.39, 0.29) is 17.9 Å². The Balaban J connectivity index is 1.72. The summed E-state index contributed by atoms with van der Waals surface area (Å²) in [5.41, 5.74) is 2.94. The number of nitrogens with zero attached hydrogens (tertiary/aromatic N) is 1. The number of carbonyl (C=O) groups is 2. The summed E-state index contributed by atoms with van der Waals surface area (Å²) in [5.74, 6) is 0.513. The third kappa shape index (κ3) is 2.20. The molecule has 0 saturated carbocycles. The molecule has 2 heterocycles. The molecular weight excluding hydrogens is 300 g/mol. The van der Waals surface area contributed by atoms with E-state index in [4.69, 9.17) is 0 Å². The normalized spacial score (nSPS) is 29.6. The fraction of sp³-hybridized carbons (Fsp3) is 0.500. The number of benzene rings is 1. The molecule has 2 atom stereocenters. The molecule has 126 valence electrons. The first-order valence-electron chi connectivity index (χ1n) is 8.92. The van der Waals surface area contributed by atoms with E-state index >= 15 is 0 Å². The maximum atomic E-state index is 13.2. The predicted molar refractivity (Wildman–Crippen MR) is 93.0 cm³/mol. The van der Waals surface area contributed by atoms with Gasteiger partial charge in [-0.15, -0.1) is 0 Å². The molecule has 2 amide bonds. The molecule has 2 fully saturated rings. The van der Waals surface area contributed by atoms with Gasteiger partial charge < -0.3 is 10.2 Å². The molecule has 4 rings (SSSR count). The first kappa shape index (κ1) is 15.4. The van der Waals surface area contributed by atoms with Gasteiger partial charge in [0.05, 0.1) is 0 Å². The molecule has 0 radical (unpaired) electrons. The lowest BCUT2D eigenvalue weighted by molar-refractivity contribution is -0.152. The van der Waals surface area contributed by atoms with E-state index in [0.717, 1.165) is 19.4 Å². The van der Waals surface area contributed by atoms with Gasteiger partial charge in [-0.25, -0.2) is 0 Å². The summed E-state index contributed by atoms with van der Waals surface area (Å²) in [6, 6.07) is 10.0. The Bertz CT molecular complexity index is 722. The van der Waals surface area contributed by atoms with Gasteiger partial charge in [-0.1, -0.05) is 49.8 Å². The van der Waals surface area contributed by atoms with E-state index < -0.39 is 5.54 Å². The smallest absolute Gasteiger partial charge is 0.249 e. The summed E-state index contributed by atoms with van der Waals surface area (Å²) < 4.78 is 0. The van der Waals surface area contributed by atoms with Gasteiger partial charge in [-0.3, -0.25) is 9.59 Å². The minimum Gasteiger partial charge on any atom is -0.339 e. The number of carbonyl (C=O) groups excluding carboxylic acids is 2. The topological polar surface area (TPSA) is 49.4 Å². The van der Waals surface area contributed by atoms with Gasteiger partial charge in [-0.05, 0) is 29.9 Å². The molecule has 1 aliphatic carbocycles. The van der Waals surface area contributed by atoms with Crippen LogP contribution in [0.2, 0.25) is 0 Å². The Morgan fingerprint density at radius 1 is 1.17 bits per heavy atom. The van der Waals surface area contributed by atoms with Crippen molar-refractivity contribution >= 4 is 17.4 Å². The van der Waals surface area contributed by atoms with Crippen LogP contribution in [-0.4, -0.2) is 34.8 Å². The average molecular weight is 324 g/mol. The van der Waals surface area contributed by atoms with Crippen LogP contribution in [-0.2, 0) is 9.59 Å². The first-order chi connectivity index (χ1) is 11.5. The highest BCUT2D eigenvalue weighted by Gasteiger charge is 2.55. The van der Waals surface area contributed by atoms with Crippen LogP contribution in [0.5, 0.6) is 0 Å². The minimum atomic E-state index is -0.761. The molecule has 1 spiro atoms. The molecule has 1 N–H and O–H groups in total. The van der Waals surface area contributed by atoms with Gasteiger partial charge in [-0.2, -0.15) is 0 Å². The first-order valence-corrected chi connectivity index (χ1v) is 8.92. The zero-order valence-corrected chi connectivity index (χ0v) is 14.3. The Morgan fingerprint density at radius 3 is 2.62 bits per heavy atom. The molecule has 3 aliphatic rings. The van der Waals surface area contributed by atoms with Crippen LogP contribution in [0.15, 0.2) is 35.9 Å². The summed E-state index contributed by atoms with van der Waals surface area (Å²) in [6.07, 6.45) is 2.97. The summed E-state index contributed by atoms with van der Waals surface area (Å²) in [7, 11) is 0. The van der Waals surface area contributed by atoms with Crippen molar-refractivity contribution in [1.82, 2.24) is 10.2 Å². The van der Waals surface area contributed by atoms with Crippen molar-refractivity contribution in [2.75, 3.05) is 6.54 Å². The quantitative estimate of drug-likeness (QED) is 0.909. The Morgan fingerprint density at radius 2 is 1.92 bits per heavy atom. The average Bonchev–Trinajstić information content (AvgIpc) is 3.20. The van der Waals surface area contributed by atoms with Crippen molar-refractivity contribution in [3.63, 3.8) is 0 Å². The SMILES string of the molecule is CC(C)C1=C(c2ccccc2)CC2(C1)NC(=O)[C@@H]1CCCN1C2=O. The minimum absolute atomic E-state index is 0.0320. The fourth-order valence-corrected chi connectivity index (χ4v) is 4.56. The van der Waals surface area contributed by atoms with Crippen molar-refractivity contribution in [3.8, 4) is 0 Å². The van der Waals surface area contributed by atoms with E-state index in [1.165, 1.54) is 16.7 Å². The monoisotopic (exact) mass is 324 g/mol. The van der Waals surface area contributed by atoms with Crippen LogP contribution < -0.4 is 5.32 Å². The number of hydrogen-bond donors (Lipinski definition) is 1. The molecule has 24 heavy (non-hydrogen) atoms. The highest BCUT2D eigenvalue weighted by molar-refractivity contribution is 6.03. The zero-order chi connectivity index (χ0) is 16.9. The highest BCUT2D eigenvalue weighted by atomic mass is 16.2. The van der Waals surface area contributed by atoms with Crippen LogP contribution in [0.4, 0.5) is 0 Å². The van der Waals surface area contributed by atoms with Crippen molar-refractivity contribution in [2.45, 2.75) is 51.1 Å². The molecule has 4 nitrogen and oxygen atoms in total.